The standard InChI is InChI=1S/C12H22O4/c1-5-15-10(14)9(13)12(4)6-7-16-11(2,3)8-12/h9,13H,5-8H2,1-4H3/t9-,12-/m0/s1. The van der Waals surface area contributed by atoms with E-state index in [9.17, 15) is 9.90 Å². The molecule has 0 bridgehead atoms. The monoisotopic (exact) mass is 230 g/mol. The highest BCUT2D eigenvalue weighted by atomic mass is 16.5. The molecule has 0 saturated carbocycles. The van der Waals surface area contributed by atoms with Crippen LogP contribution in [0.15, 0.2) is 0 Å². The van der Waals surface area contributed by atoms with E-state index in [0.717, 1.165) is 0 Å². The lowest BCUT2D eigenvalue weighted by Crippen LogP contribution is -2.49. The van der Waals surface area contributed by atoms with Gasteiger partial charge in [-0.25, -0.2) is 4.79 Å². The minimum Gasteiger partial charge on any atom is -0.464 e. The quantitative estimate of drug-likeness (QED) is 0.747. The molecule has 16 heavy (non-hydrogen) atoms. The summed E-state index contributed by atoms with van der Waals surface area (Å²) in [4.78, 5) is 11.5. The first-order chi connectivity index (χ1) is 7.31. The molecule has 0 amide bonds. The van der Waals surface area contributed by atoms with Crippen LogP contribution in [0.3, 0.4) is 0 Å². The molecule has 1 N–H and O–H groups in total. The van der Waals surface area contributed by atoms with E-state index in [4.69, 9.17) is 9.47 Å². The lowest BCUT2D eigenvalue weighted by atomic mass is 9.71. The van der Waals surface area contributed by atoms with E-state index in [1.165, 1.54) is 0 Å². The predicted molar refractivity (Wildman–Crippen MR) is 60.0 cm³/mol. The van der Waals surface area contributed by atoms with Crippen molar-refractivity contribution in [3.05, 3.63) is 0 Å². The van der Waals surface area contributed by atoms with E-state index in [2.05, 4.69) is 0 Å². The second kappa shape index (κ2) is 4.72. The molecule has 0 aromatic carbocycles. The maximum Gasteiger partial charge on any atom is 0.335 e. The van der Waals surface area contributed by atoms with Crippen LogP contribution in [-0.2, 0) is 14.3 Å². The van der Waals surface area contributed by atoms with Crippen molar-refractivity contribution in [1.82, 2.24) is 0 Å². The molecule has 0 aromatic heterocycles. The highest BCUT2D eigenvalue weighted by molar-refractivity contribution is 5.75. The van der Waals surface area contributed by atoms with Gasteiger partial charge >= 0.3 is 5.97 Å². The molecule has 0 unspecified atom stereocenters. The van der Waals surface area contributed by atoms with Gasteiger partial charge in [0, 0.05) is 12.0 Å². The van der Waals surface area contributed by atoms with Crippen molar-refractivity contribution in [3.63, 3.8) is 0 Å². The van der Waals surface area contributed by atoms with Crippen LogP contribution in [0.25, 0.3) is 0 Å². The number of hydrogen-bond acceptors (Lipinski definition) is 4. The molecule has 1 heterocycles. The predicted octanol–water partition coefficient (Wildman–Crippen LogP) is 1.51. The first-order valence-electron chi connectivity index (χ1n) is 5.79. The summed E-state index contributed by atoms with van der Waals surface area (Å²) in [5.74, 6) is -0.525. The number of carbonyl (C=O) groups is 1. The first-order valence-corrected chi connectivity index (χ1v) is 5.79. The summed E-state index contributed by atoms with van der Waals surface area (Å²) in [6, 6.07) is 0. The van der Waals surface area contributed by atoms with Gasteiger partial charge in [-0.3, -0.25) is 0 Å². The van der Waals surface area contributed by atoms with Crippen LogP contribution < -0.4 is 0 Å². The SMILES string of the molecule is CCOC(=O)[C@H](O)[C@@]1(C)CCOC(C)(C)C1. The molecular weight excluding hydrogens is 208 g/mol. The van der Waals surface area contributed by atoms with E-state index in [1.54, 1.807) is 6.92 Å². The maximum absolute atomic E-state index is 11.5. The lowest BCUT2D eigenvalue weighted by molar-refractivity contribution is -0.174. The molecule has 1 aliphatic heterocycles. The van der Waals surface area contributed by atoms with Gasteiger partial charge < -0.3 is 14.6 Å². The molecule has 94 valence electrons. The Balaban J connectivity index is 2.72. The second-order valence-electron chi connectivity index (χ2n) is 5.34. The zero-order chi connectivity index (χ0) is 12.4. The Bertz CT molecular complexity index is 262. The average molecular weight is 230 g/mol. The summed E-state index contributed by atoms with van der Waals surface area (Å²) in [6.07, 6.45) is 0.270. The van der Waals surface area contributed by atoms with E-state index in [1.807, 2.05) is 20.8 Å². The number of esters is 1. The van der Waals surface area contributed by atoms with Gasteiger partial charge in [0.25, 0.3) is 0 Å². The average Bonchev–Trinajstić information content (AvgIpc) is 2.15. The Morgan fingerprint density at radius 2 is 2.12 bits per heavy atom. The molecule has 1 saturated heterocycles. The maximum atomic E-state index is 11.5. The second-order valence-corrected chi connectivity index (χ2v) is 5.34. The van der Waals surface area contributed by atoms with E-state index < -0.39 is 17.5 Å². The third-order valence-electron chi connectivity index (χ3n) is 3.17. The molecular formula is C12H22O4. The summed E-state index contributed by atoms with van der Waals surface area (Å²) < 4.78 is 10.4. The number of hydrogen-bond donors (Lipinski definition) is 1. The van der Waals surface area contributed by atoms with Crippen LogP contribution in [-0.4, -0.2) is 36.0 Å². The Labute approximate surface area is 96.9 Å². The van der Waals surface area contributed by atoms with Gasteiger partial charge in [0.1, 0.15) is 0 Å². The highest BCUT2D eigenvalue weighted by Crippen LogP contribution is 2.41. The molecule has 4 heteroatoms. The zero-order valence-corrected chi connectivity index (χ0v) is 10.6. The highest BCUT2D eigenvalue weighted by Gasteiger charge is 2.45. The van der Waals surface area contributed by atoms with Crippen LogP contribution in [0.2, 0.25) is 0 Å². The van der Waals surface area contributed by atoms with Crippen molar-refractivity contribution in [2.75, 3.05) is 13.2 Å². The van der Waals surface area contributed by atoms with Crippen LogP contribution in [0.4, 0.5) is 0 Å². The van der Waals surface area contributed by atoms with Crippen LogP contribution in [0.1, 0.15) is 40.5 Å². The van der Waals surface area contributed by atoms with Gasteiger partial charge in [-0.1, -0.05) is 6.92 Å². The number of rotatable bonds is 3. The van der Waals surface area contributed by atoms with Gasteiger partial charge in [-0.15, -0.1) is 0 Å². The van der Waals surface area contributed by atoms with Gasteiger partial charge in [0.05, 0.1) is 12.2 Å². The minimum absolute atomic E-state index is 0.291. The molecule has 0 aliphatic carbocycles. The number of aliphatic hydroxyl groups is 1. The third-order valence-corrected chi connectivity index (χ3v) is 3.17. The van der Waals surface area contributed by atoms with E-state index in [0.29, 0.717) is 26.1 Å². The number of carbonyl (C=O) groups excluding carboxylic acids is 1. The van der Waals surface area contributed by atoms with Gasteiger partial charge in [-0.05, 0) is 33.6 Å². The molecule has 0 radical (unpaired) electrons. The van der Waals surface area contributed by atoms with E-state index in [-0.39, 0.29) is 5.60 Å². The van der Waals surface area contributed by atoms with Crippen molar-refractivity contribution >= 4 is 5.97 Å². The third kappa shape index (κ3) is 2.95. The van der Waals surface area contributed by atoms with Crippen LogP contribution in [0, 0.1) is 5.41 Å². The smallest absolute Gasteiger partial charge is 0.335 e. The normalized spacial score (nSPS) is 30.8. The fourth-order valence-corrected chi connectivity index (χ4v) is 2.41. The van der Waals surface area contributed by atoms with Crippen molar-refractivity contribution in [2.24, 2.45) is 5.41 Å². The largest absolute Gasteiger partial charge is 0.464 e. The Morgan fingerprint density at radius 1 is 1.50 bits per heavy atom. The first kappa shape index (κ1) is 13.5. The summed E-state index contributed by atoms with van der Waals surface area (Å²) in [5.41, 5.74) is -0.742. The Morgan fingerprint density at radius 3 is 2.62 bits per heavy atom. The fourth-order valence-electron chi connectivity index (χ4n) is 2.41. The van der Waals surface area contributed by atoms with Crippen LogP contribution >= 0.6 is 0 Å². The summed E-state index contributed by atoms with van der Waals surface area (Å²) in [6.45, 7) is 8.47. The van der Waals surface area contributed by atoms with Crippen molar-refractivity contribution < 1.29 is 19.4 Å². The zero-order valence-electron chi connectivity index (χ0n) is 10.6. The molecule has 1 rings (SSSR count). The van der Waals surface area contributed by atoms with Crippen molar-refractivity contribution in [3.8, 4) is 0 Å². The lowest BCUT2D eigenvalue weighted by Gasteiger charge is -2.44. The summed E-state index contributed by atoms with van der Waals surface area (Å²) in [5, 5.41) is 10.0. The number of ether oxygens (including phenoxy) is 2. The molecule has 0 spiro atoms. The van der Waals surface area contributed by atoms with Gasteiger partial charge in [0.2, 0.25) is 0 Å². The molecule has 1 fully saturated rings. The number of aliphatic hydroxyl groups excluding tert-OH is 1. The molecule has 1 aliphatic rings. The van der Waals surface area contributed by atoms with Crippen molar-refractivity contribution in [2.45, 2.75) is 52.2 Å². The summed E-state index contributed by atoms with van der Waals surface area (Å²) >= 11 is 0. The topological polar surface area (TPSA) is 55.8 Å². The Hall–Kier alpha value is -0.610. The van der Waals surface area contributed by atoms with Gasteiger partial charge in [-0.2, -0.15) is 0 Å². The van der Waals surface area contributed by atoms with Crippen LogP contribution in [0.5, 0.6) is 0 Å². The Kier molecular flexibility index (Phi) is 3.97. The molecule has 2 atom stereocenters. The van der Waals surface area contributed by atoms with Gasteiger partial charge in [0.15, 0.2) is 6.10 Å². The van der Waals surface area contributed by atoms with E-state index >= 15 is 0 Å². The minimum atomic E-state index is -1.06. The molecule has 4 nitrogen and oxygen atoms in total. The van der Waals surface area contributed by atoms with Crippen molar-refractivity contribution in [1.29, 1.82) is 0 Å². The fraction of sp³-hybridized carbons (Fsp3) is 0.917. The summed E-state index contributed by atoms with van der Waals surface area (Å²) in [7, 11) is 0. The molecule has 0 aromatic rings.